The van der Waals surface area contributed by atoms with E-state index in [0.717, 1.165) is 0 Å². The summed E-state index contributed by atoms with van der Waals surface area (Å²) in [6.07, 6.45) is -0.646. The molecule has 0 aliphatic heterocycles. The first-order valence-electron chi connectivity index (χ1n) is 5.96. The Labute approximate surface area is 116 Å². The van der Waals surface area contributed by atoms with Gasteiger partial charge in [0.05, 0.1) is 5.56 Å². The van der Waals surface area contributed by atoms with E-state index in [-0.39, 0.29) is 11.5 Å². The zero-order valence-corrected chi connectivity index (χ0v) is 12.6. The first-order chi connectivity index (χ1) is 8.61. The van der Waals surface area contributed by atoms with Crippen molar-refractivity contribution in [2.24, 2.45) is 0 Å². The molecule has 0 atom stereocenters. The fraction of sp³-hybridized carbons (Fsp3) is 0.538. The van der Waals surface area contributed by atoms with E-state index in [9.17, 15) is 14.7 Å². The number of thiophene rings is 1. The standard InChI is InChI=1S/C13H19NO4S/c1-7(2)8-6-19-10(9(8)11(15)16)14-12(17)18-13(3,4)5/h6-7H,1-5H3,(H,14,17)(H,15,16). The third kappa shape index (κ3) is 4.24. The molecule has 0 aromatic carbocycles. The van der Waals surface area contributed by atoms with Crippen molar-refractivity contribution in [2.45, 2.75) is 46.1 Å². The highest BCUT2D eigenvalue weighted by atomic mass is 32.1. The van der Waals surface area contributed by atoms with Crippen molar-refractivity contribution in [3.63, 3.8) is 0 Å². The normalized spacial score (nSPS) is 11.5. The number of carboxylic acids is 1. The van der Waals surface area contributed by atoms with Gasteiger partial charge >= 0.3 is 12.1 Å². The van der Waals surface area contributed by atoms with Crippen LogP contribution in [0.1, 0.15) is 56.5 Å². The lowest BCUT2D eigenvalue weighted by Crippen LogP contribution is -2.27. The predicted molar refractivity (Wildman–Crippen MR) is 75.2 cm³/mol. The van der Waals surface area contributed by atoms with Gasteiger partial charge in [-0.1, -0.05) is 13.8 Å². The molecule has 2 N–H and O–H groups in total. The maximum absolute atomic E-state index is 11.7. The molecule has 0 fully saturated rings. The van der Waals surface area contributed by atoms with Crippen molar-refractivity contribution >= 4 is 28.4 Å². The van der Waals surface area contributed by atoms with Gasteiger partial charge in [-0.2, -0.15) is 0 Å². The molecule has 19 heavy (non-hydrogen) atoms. The van der Waals surface area contributed by atoms with Gasteiger partial charge in [-0.05, 0) is 37.6 Å². The molecular formula is C13H19NO4S. The van der Waals surface area contributed by atoms with Crippen LogP contribution in [-0.2, 0) is 4.74 Å². The summed E-state index contributed by atoms with van der Waals surface area (Å²) < 4.78 is 5.11. The van der Waals surface area contributed by atoms with Crippen LogP contribution in [0.25, 0.3) is 0 Å². The van der Waals surface area contributed by atoms with Crippen molar-refractivity contribution in [1.29, 1.82) is 0 Å². The van der Waals surface area contributed by atoms with Crippen LogP contribution < -0.4 is 5.32 Å². The van der Waals surface area contributed by atoms with Crippen LogP contribution in [0, 0.1) is 0 Å². The zero-order valence-electron chi connectivity index (χ0n) is 11.7. The lowest BCUT2D eigenvalue weighted by Gasteiger charge is -2.19. The predicted octanol–water partition coefficient (Wildman–Crippen LogP) is 3.92. The average Bonchev–Trinajstić information content (AvgIpc) is 2.57. The molecule has 0 aliphatic rings. The summed E-state index contributed by atoms with van der Waals surface area (Å²) in [4.78, 5) is 23.0. The number of hydrogen-bond donors (Lipinski definition) is 2. The Morgan fingerprint density at radius 3 is 2.37 bits per heavy atom. The molecule has 0 saturated carbocycles. The number of carbonyl (C=O) groups is 2. The van der Waals surface area contributed by atoms with E-state index in [2.05, 4.69) is 5.32 Å². The maximum Gasteiger partial charge on any atom is 0.412 e. The summed E-state index contributed by atoms with van der Waals surface area (Å²) in [5.41, 5.74) is 0.237. The summed E-state index contributed by atoms with van der Waals surface area (Å²) in [7, 11) is 0. The average molecular weight is 285 g/mol. The van der Waals surface area contributed by atoms with Crippen molar-refractivity contribution in [3.05, 3.63) is 16.5 Å². The lowest BCUT2D eigenvalue weighted by atomic mass is 10.0. The number of carboxylic acid groups (broad SMARTS) is 1. The molecule has 0 saturated heterocycles. The second-order valence-corrected chi connectivity index (χ2v) is 6.36. The van der Waals surface area contributed by atoms with Gasteiger partial charge in [0.15, 0.2) is 0 Å². The van der Waals surface area contributed by atoms with Crippen LogP contribution in [0.15, 0.2) is 5.38 Å². The molecule has 1 amide bonds. The fourth-order valence-electron chi connectivity index (χ4n) is 1.50. The van der Waals surface area contributed by atoms with Crippen LogP contribution in [0.3, 0.4) is 0 Å². The first-order valence-corrected chi connectivity index (χ1v) is 6.84. The number of rotatable bonds is 3. The molecule has 5 nitrogen and oxygen atoms in total. The number of anilines is 1. The van der Waals surface area contributed by atoms with E-state index in [0.29, 0.717) is 10.6 Å². The summed E-state index contributed by atoms with van der Waals surface area (Å²) in [6, 6.07) is 0. The highest BCUT2D eigenvalue weighted by molar-refractivity contribution is 7.15. The Bertz CT molecular complexity index is 485. The molecule has 106 valence electrons. The van der Waals surface area contributed by atoms with Crippen molar-refractivity contribution in [3.8, 4) is 0 Å². The van der Waals surface area contributed by atoms with E-state index in [1.807, 2.05) is 13.8 Å². The molecule has 1 heterocycles. The highest BCUT2D eigenvalue weighted by Crippen LogP contribution is 2.33. The summed E-state index contributed by atoms with van der Waals surface area (Å²) in [6.45, 7) is 9.06. The quantitative estimate of drug-likeness (QED) is 0.882. The Kier molecular flexibility index (Phi) is 4.57. The number of nitrogens with one attached hydrogen (secondary N) is 1. The number of aromatic carboxylic acids is 1. The Morgan fingerprint density at radius 2 is 1.95 bits per heavy atom. The van der Waals surface area contributed by atoms with E-state index >= 15 is 0 Å². The minimum Gasteiger partial charge on any atom is -0.478 e. The minimum atomic E-state index is -1.05. The molecule has 1 aromatic heterocycles. The zero-order chi connectivity index (χ0) is 14.8. The molecule has 0 radical (unpaired) electrons. The Balaban J connectivity index is 2.96. The van der Waals surface area contributed by atoms with Crippen molar-refractivity contribution in [1.82, 2.24) is 0 Å². The minimum absolute atomic E-state index is 0.0801. The molecule has 0 aliphatic carbocycles. The molecule has 1 aromatic rings. The highest BCUT2D eigenvalue weighted by Gasteiger charge is 2.23. The van der Waals surface area contributed by atoms with Gasteiger partial charge in [0.1, 0.15) is 10.6 Å². The molecule has 0 spiro atoms. The first kappa shape index (κ1) is 15.5. The van der Waals surface area contributed by atoms with E-state index in [1.165, 1.54) is 11.3 Å². The van der Waals surface area contributed by atoms with Gasteiger partial charge in [-0.25, -0.2) is 9.59 Å². The number of carbonyl (C=O) groups excluding carboxylic acids is 1. The lowest BCUT2D eigenvalue weighted by molar-refractivity contribution is 0.0636. The number of ether oxygens (including phenoxy) is 1. The second-order valence-electron chi connectivity index (χ2n) is 5.48. The van der Waals surface area contributed by atoms with E-state index in [4.69, 9.17) is 4.74 Å². The van der Waals surface area contributed by atoms with Crippen molar-refractivity contribution < 1.29 is 19.4 Å². The second kappa shape index (κ2) is 5.61. The molecule has 6 heteroatoms. The number of hydrogen-bond acceptors (Lipinski definition) is 4. The van der Waals surface area contributed by atoms with Gasteiger partial charge in [-0.15, -0.1) is 11.3 Å². The summed E-state index contributed by atoms with van der Waals surface area (Å²) in [5.74, 6) is -0.965. The molecule has 0 unspecified atom stereocenters. The van der Waals surface area contributed by atoms with E-state index in [1.54, 1.807) is 26.2 Å². The monoisotopic (exact) mass is 285 g/mol. The third-order valence-electron chi connectivity index (χ3n) is 2.27. The molecule has 0 bridgehead atoms. The van der Waals surface area contributed by atoms with Crippen LogP contribution >= 0.6 is 11.3 Å². The van der Waals surface area contributed by atoms with Crippen LogP contribution in [-0.4, -0.2) is 22.8 Å². The van der Waals surface area contributed by atoms with Gasteiger partial charge in [0.25, 0.3) is 0 Å². The summed E-state index contributed by atoms with van der Waals surface area (Å²) in [5, 5.41) is 13.8. The Hall–Kier alpha value is -1.56. The van der Waals surface area contributed by atoms with Gasteiger partial charge in [0.2, 0.25) is 0 Å². The van der Waals surface area contributed by atoms with E-state index < -0.39 is 17.7 Å². The Morgan fingerprint density at radius 1 is 1.37 bits per heavy atom. The van der Waals surface area contributed by atoms with Crippen LogP contribution in [0.5, 0.6) is 0 Å². The summed E-state index contributed by atoms with van der Waals surface area (Å²) >= 11 is 1.19. The molecule has 1 rings (SSSR count). The van der Waals surface area contributed by atoms with Crippen LogP contribution in [0.2, 0.25) is 0 Å². The van der Waals surface area contributed by atoms with Gasteiger partial charge in [-0.3, -0.25) is 5.32 Å². The molecular weight excluding hydrogens is 266 g/mol. The van der Waals surface area contributed by atoms with Gasteiger partial charge in [0, 0.05) is 0 Å². The third-order valence-corrected chi connectivity index (χ3v) is 3.18. The SMILES string of the molecule is CC(C)c1csc(NC(=O)OC(C)(C)C)c1C(=O)O. The maximum atomic E-state index is 11.7. The smallest absolute Gasteiger partial charge is 0.412 e. The largest absolute Gasteiger partial charge is 0.478 e. The topological polar surface area (TPSA) is 75.6 Å². The van der Waals surface area contributed by atoms with Crippen molar-refractivity contribution in [2.75, 3.05) is 5.32 Å². The fourth-order valence-corrected chi connectivity index (χ4v) is 2.61. The van der Waals surface area contributed by atoms with Crippen LogP contribution in [0.4, 0.5) is 9.80 Å². The number of amides is 1. The van der Waals surface area contributed by atoms with Gasteiger partial charge < -0.3 is 9.84 Å².